The maximum absolute atomic E-state index is 5.69. The van der Waals surface area contributed by atoms with Crippen molar-refractivity contribution in [3.8, 4) is 5.88 Å². The molecule has 1 aromatic rings. The first-order valence-electron chi connectivity index (χ1n) is 5.59. The largest absolute Gasteiger partial charge is 0.474 e. The molecule has 1 N–H and O–H groups in total. The smallest absolute Gasteiger partial charge is 0.213 e. The highest BCUT2D eigenvalue weighted by Gasteiger charge is 2.19. The summed E-state index contributed by atoms with van der Waals surface area (Å²) >= 11 is 0. The van der Waals surface area contributed by atoms with Crippen LogP contribution in [-0.4, -0.2) is 18.1 Å². The molecule has 0 spiro atoms. The van der Waals surface area contributed by atoms with E-state index in [1.807, 2.05) is 19.3 Å². The summed E-state index contributed by atoms with van der Waals surface area (Å²) in [6.45, 7) is 2.11. The molecule has 1 unspecified atom stereocenters. The molecule has 3 heteroatoms. The van der Waals surface area contributed by atoms with E-state index in [4.69, 9.17) is 4.74 Å². The molecular formula is C12H18N2O. The molecule has 1 fully saturated rings. The predicted octanol–water partition coefficient (Wildman–Crippen LogP) is 2.29. The van der Waals surface area contributed by atoms with Crippen LogP contribution in [0, 0.1) is 0 Å². The van der Waals surface area contributed by atoms with E-state index in [1.54, 1.807) is 0 Å². The molecule has 3 nitrogen and oxygen atoms in total. The van der Waals surface area contributed by atoms with Gasteiger partial charge in [0.05, 0.1) is 0 Å². The normalized spacial score (nSPS) is 18.3. The maximum atomic E-state index is 5.69. The minimum atomic E-state index is 0.343. The summed E-state index contributed by atoms with van der Waals surface area (Å²) in [5.41, 5.74) is 1.19. The average Bonchev–Trinajstić information content (AvgIpc) is 2.23. The van der Waals surface area contributed by atoms with E-state index in [0.29, 0.717) is 12.1 Å². The monoisotopic (exact) mass is 206 g/mol. The third kappa shape index (κ3) is 2.48. The Bertz CT molecular complexity index is 306. The van der Waals surface area contributed by atoms with Gasteiger partial charge in [-0.1, -0.05) is 6.07 Å². The molecule has 2 rings (SSSR count). The van der Waals surface area contributed by atoms with Crippen molar-refractivity contribution in [2.45, 2.75) is 38.3 Å². The van der Waals surface area contributed by atoms with E-state index < -0.39 is 0 Å². The van der Waals surface area contributed by atoms with Gasteiger partial charge in [0.25, 0.3) is 0 Å². The molecule has 15 heavy (non-hydrogen) atoms. The first-order chi connectivity index (χ1) is 7.29. The van der Waals surface area contributed by atoms with Crippen LogP contribution in [0.2, 0.25) is 0 Å². The number of rotatable bonds is 4. The number of ether oxygens (including phenoxy) is 1. The molecule has 0 radical (unpaired) electrons. The Morgan fingerprint density at radius 2 is 2.27 bits per heavy atom. The Labute approximate surface area is 90.9 Å². The van der Waals surface area contributed by atoms with Crippen LogP contribution in [0.25, 0.3) is 0 Å². The van der Waals surface area contributed by atoms with Crippen LogP contribution in [0.15, 0.2) is 18.3 Å². The summed E-state index contributed by atoms with van der Waals surface area (Å²) in [7, 11) is 1.95. The van der Waals surface area contributed by atoms with Gasteiger partial charge in [0.15, 0.2) is 0 Å². The molecule has 1 aliphatic rings. The zero-order chi connectivity index (χ0) is 10.7. The number of nitrogens with zero attached hydrogens (tertiary/aromatic N) is 1. The van der Waals surface area contributed by atoms with Crippen LogP contribution < -0.4 is 10.1 Å². The van der Waals surface area contributed by atoms with Gasteiger partial charge in [0, 0.05) is 18.3 Å². The number of hydrogen-bond acceptors (Lipinski definition) is 3. The standard InChI is InChI=1S/C12H18N2O/c1-9(13-2)10-6-7-12(14-8-10)15-11-4-3-5-11/h6-9,11,13H,3-5H2,1-2H3. The zero-order valence-corrected chi connectivity index (χ0v) is 9.36. The van der Waals surface area contributed by atoms with Crippen LogP contribution in [0.4, 0.5) is 0 Å². The molecule has 0 aliphatic heterocycles. The SMILES string of the molecule is CNC(C)c1ccc(OC2CCC2)nc1. The Kier molecular flexibility index (Phi) is 3.21. The van der Waals surface area contributed by atoms with Crippen LogP contribution >= 0.6 is 0 Å². The second-order valence-electron chi connectivity index (χ2n) is 4.11. The highest BCUT2D eigenvalue weighted by Crippen LogP contribution is 2.24. The predicted molar refractivity (Wildman–Crippen MR) is 60.0 cm³/mol. The fourth-order valence-corrected chi connectivity index (χ4v) is 1.54. The van der Waals surface area contributed by atoms with Crippen molar-refractivity contribution in [2.24, 2.45) is 0 Å². The highest BCUT2D eigenvalue weighted by molar-refractivity contribution is 5.20. The van der Waals surface area contributed by atoms with Crippen molar-refractivity contribution in [1.82, 2.24) is 10.3 Å². The Morgan fingerprint density at radius 3 is 2.73 bits per heavy atom. The summed E-state index contributed by atoms with van der Waals surface area (Å²) in [4.78, 5) is 4.31. The van der Waals surface area contributed by atoms with Crippen LogP contribution in [0.1, 0.15) is 37.8 Å². The number of hydrogen-bond donors (Lipinski definition) is 1. The van der Waals surface area contributed by atoms with Crippen LogP contribution in [0.5, 0.6) is 5.88 Å². The molecule has 0 saturated heterocycles. The topological polar surface area (TPSA) is 34.1 Å². The number of pyridine rings is 1. The van der Waals surface area contributed by atoms with Gasteiger partial charge in [0.1, 0.15) is 6.10 Å². The molecule has 1 aromatic heterocycles. The molecular weight excluding hydrogens is 188 g/mol. The Morgan fingerprint density at radius 1 is 1.47 bits per heavy atom. The molecule has 1 atom stereocenters. The van der Waals surface area contributed by atoms with Crippen molar-refractivity contribution in [3.63, 3.8) is 0 Å². The quantitative estimate of drug-likeness (QED) is 0.820. The summed E-state index contributed by atoms with van der Waals surface area (Å²) in [6.07, 6.45) is 5.94. The maximum Gasteiger partial charge on any atom is 0.213 e. The van der Waals surface area contributed by atoms with E-state index in [1.165, 1.54) is 24.8 Å². The minimum absolute atomic E-state index is 0.343. The van der Waals surface area contributed by atoms with Gasteiger partial charge in [-0.05, 0) is 38.8 Å². The van der Waals surface area contributed by atoms with Gasteiger partial charge in [-0.25, -0.2) is 4.98 Å². The lowest BCUT2D eigenvalue weighted by atomic mass is 9.96. The first-order valence-corrected chi connectivity index (χ1v) is 5.59. The Hall–Kier alpha value is -1.09. The van der Waals surface area contributed by atoms with Gasteiger partial charge < -0.3 is 10.1 Å². The van der Waals surface area contributed by atoms with Crippen LogP contribution in [0.3, 0.4) is 0 Å². The third-order valence-corrected chi connectivity index (χ3v) is 3.03. The third-order valence-electron chi connectivity index (χ3n) is 3.03. The second kappa shape index (κ2) is 4.62. The van der Waals surface area contributed by atoms with E-state index in [-0.39, 0.29) is 0 Å². The lowest BCUT2D eigenvalue weighted by molar-refractivity contribution is 0.114. The fraction of sp³-hybridized carbons (Fsp3) is 0.583. The molecule has 1 aliphatic carbocycles. The minimum Gasteiger partial charge on any atom is -0.474 e. The first kappa shape index (κ1) is 10.4. The molecule has 1 saturated carbocycles. The summed E-state index contributed by atoms with van der Waals surface area (Å²) in [5, 5.41) is 3.18. The Balaban J connectivity index is 1.96. The van der Waals surface area contributed by atoms with Gasteiger partial charge in [-0.2, -0.15) is 0 Å². The number of aromatic nitrogens is 1. The highest BCUT2D eigenvalue weighted by atomic mass is 16.5. The van der Waals surface area contributed by atoms with Crippen molar-refractivity contribution in [1.29, 1.82) is 0 Å². The van der Waals surface area contributed by atoms with Gasteiger partial charge >= 0.3 is 0 Å². The average molecular weight is 206 g/mol. The molecule has 0 amide bonds. The fourth-order valence-electron chi connectivity index (χ4n) is 1.54. The van der Waals surface area contributed by atoms with Crippen molar-refractivity contribution < 1.29 is 4.74 Å². The number of nitrogens with one attached hydrogen (secondary N) is 1. The van der Waals surface area contributed by atoms with Crippen molar-refractivity contribution in [3.05, 3.63) is 23.9 Å². The van der Waals surface area contributed by atoms with Crippen molar-refractivity contribution >= 4 is 0 Å². The lowest BCUT2D eigenvalue weighted by Crippen LogP contribution is -2.25. The molecule has 1 heterocycles. The van der Waals surface area contributed by atoms with E-state index >= 15 is 0 Å². The summed E-state index contributed by atoms with van der Waals surface area (Å²) in [6, 6.07) is 4.37. The molecule has 0 aromatic carbocycles. The lowest BCUT2D eigenvalue weighted by Gasteiger charge is -2.25. The second-order valence-corrected chi connectivity index (χ2v) is 4.11. The zero-order valence-electron chi connectivity index (χ0n) is 9.36. The molecule has 82 valence electrons. The van der Waals surface area contributed by atoms with E-state index in [0.717, 1.165) is 5.88 Å². The van der Waals surface area contributed by atoms with Gasteiger partial charge in [-0.15, -0.1) is 0 Å². The van der Waals surface area contributed by atoms with E-state index in [2.05, 4.69) is 23.3 Å². The van der Waals surface area contributed by atoms with Crippen molar-refractivity contribution in [2.75, 3.05) is 7.05 Å². The summed E-state index contributed by atoms with van der Waals surface area (Å²) < 4.78 is 5.69. The molecule has 0 bridgehead atoms. The van der Waals surface area contributed by atoms with Gasteiger partial charge in [-0.3, -0.25) is 0 Å². The van der Waals surface area contributed by atoms with Gasteiger partial charge in [0.2, 0.25) is 5.88 Å². The summed E-state index contributed by atoms with van der Waals surface area (Å²) in [5.74, 6) is 0.756. The van der Waals surface area contributed by atoms with Crippen LogP contribution in [-0.2, 0) is 0 Å². The van der Waals surface area contributed by atoms with E-state index in [9.17, 15) is 0 Å².